The van der Waals surface area contributed by atoms with Crippen molar-refractivity contribution < 1.29 is 17.9 Å². The van der Waals surface area contributed by atoms with Gasteiger partial charge in [-0.2, -0.15) is 0 Å². The van der Waals surface area contributed by atoms with Crippen molar-refractivity contribution in [3.63, 3.8) is 0 Å². The molecule has 2 saturated heterocycles. The summed E-state index contributed by atoms with van der Waals surface area (Å²) in [5.41, 5.74) is 1.10. The molecule has 7 heteroatoms. The number of anilines is 1. The molecule has 3 rings (SSSR count). The van der Waals surface area contributed by atoms with Gasteiger partial charge in [-0.15, -0.1) is 0 Å². The van der Waals surface area contributed by atoms with Crippen LogP contribution in [0.15, 0.2) is 24.3 Å². The van der Waals surface area contributed by atoms with Crippen molar-refractivity contribution in [2.75, 3.05) is 36.3 Å². The zero-order valence-corrected chi connectivity index (χ0v) is 14.8. The van der Waals surface area contributed by atoms with Crippen LogP contribution in [-0.4, -0.2) is 57.3 Å². The van der Waals surface area contributed by atoms with Crippen molar-refractivity contribution in [1.29, 1.82) is 0 Å². The summed E-state index contributed by atoms with van der Waals surface area (Å²) in [5, 5.41) is 0. The van der Waals surface area contributed by atoms with Crippen LogP contribution in [0.2, 0.25) is 0 Å². The van der Waals surface area contributed by atoms with Gasteiger partial charge >= 0.3 is 0 Å². The lowest BCUT2D eigenvalue weighted by molar-refractivity contribution is 0.0539. The Morgan fingerprint density at radius 3 is 2.83 bits per heavy atom. The van der Waals surface area contributed by atoms with E-state index in [4.69, 9.17) is 4.74 Å². The van der Waals surface area contributed by atoms with E-state index < -0.39 is 10.0 Å². The molecular formula is C17H24N2O4S. The predicted octanol–water partition coefficient (Wildman–Crippen LogP) is 1.87. The Bertz CT molecular complexity index is 698. The number of amides is 1. The number of carbonyl (C=O) groups excluding carboxylic acids is 1. The highest BCUT2D eigenvalue weighted by Crippen LogP contribution is 2.25. The molecule has 0 radical (unpaired) electrons. The molecular weight excluding hydrogens is 328 g/mol. The average molecular weight is 352 g/mol. The molecule has 0 aliphatic carbocycles. The molecule has 2 aliphatic rings. The molecule has 0 saturated carbocycles. The Morgan fingerprint density at radius 2 is 2.21 bits per heavy atom. The third-order valence-corrected chi connectivity index (χ3v) is 6.47. The minimum Gasteiger partial charge on any atom is -0.376 e. The predicted molar refractivity (Wildman–Crippen MR) is 92.7 cm³/mol. The monoisotopic (exact) mass is 352 g/mol. The Balaban J connectivity index is 1.78. The molecule has 2 aliphatic heterocycles. The van der Waals surface area contributed by atoms with E-state index in [1.807, 2.05) is 6.92 Å². The topological polar surface area (TPSA) is 66.9 Å². The number of nitrogens with zero attached hydrogens (tertiary/aromatic N) is 2. The van der Waals surface area contributed by atoms with Crippen LogP contribution in [0.3, 0.4) is 0 Å². The van der Waals surface area contributed by atoms with E-state index in [1.165, 1.54) is 4.31 Å². The minimum absolute atomic E-state index is 0.0774. The van der Waals surface area contributed by atoms with E-state index >= 15 is 0 Å². The minimum atomic E-state index is -3.24. The van der Waals surface area contributed by atoms with Crippen molar-refractivity contribution in [3.05, 3.63) is 29.8 Å². The number of hydrogen-bond donors (Lipinski definition) is 0. The second-order valence-electron chi connectivity index (χ2n) is 6.27. The third kappa shape index (κ3) is 3.57. The van der Waals surface area contributed by atoms with Gasteiger partial charge < -0.3 is 9.64 Å². The number of carbonyl (C=O) groups is 1. The Kier molecular flexibility index (Phi) is 5.10. The Labute approximate surface area is 143 Å². The molecule has 0 bridgehead atoms. The summed E-state index contributed by atoms with van der Waals surface area (Å²) in [6.45, 7) is 4.38. The van der Waals surface area contributed by atoms with Crippen LogP contribution in [-0.2, 0) is 14.8 Å². The fraction of sp³-hybridized carbons (Fsp3) is 0.588. The van der Waals surface area contributed by atoms with Gasteiger partial charge in [-0.25, -0.2) is 8.42 Å². The van der Waals surface area contributed by atoms with Gasteiger partial charge in [-0.1, -0.05) is 6.07 Å². The molecule has 0 aromatic heterocycles. The van der Waals surface area contributed by atoms with Gasteiger partial charge in [0.2, 0.25) is 10.0 Å². The standard InChI is InChI=1S/C17H24N2O4S/c1-2-18(13-16-8-4-10-23-16)17(20)14-6-3-7-15(12-14)19-9-5-11-24(19,21)22/h3,6-7,12,16H,2,4-5,8-11,13H2,1H3. The molecule has 6 nitrogen and oxygen atoms in total. The van der Waals surface area contributed by atoms with Crippen molar-refractivity contribution in [3.8, 4) is 0 Å². The van der Waals surface area contributed by atoms with Crippen LogP contribution in [0.4, 0.5) is 5.69 Å². The quantitative estimate of drug-likeness (QED) is 0.811. The van der Waals surface area contributed by atoms with Gasteiger partial charge in [0.15, 0.2) is 0 Å². The number of hydrogen-bond acceptors (Lipinski definition) is 4. The number of rotatable bonds is 5. The van der Waals surface area contributed by atoms with Gasteiger partial charge in [0.25, 0.3) is 5.91 Å². The van der Waals surface area contributed by atoms with Gasteiger partial charge in [-0.05, 0) is 44.4 Å². The molecule has 2 fully saturated rings. The van der Waals surface area contributed by atoms with Crippen molar-refractivity contribution >= 4 is 21.6 Å². The molecule has 1 aromatic rings. The largest absolute Gasteiger partial charge is 0.376 e. The molecule has 132 valence electrons. The number of ether oxygens (including phenoxy) is 1. The highest BCUT2D eigenvalue weighted by Gasteiger charge is 2.29. The van der Waals surface area contributed by atoms with E-state index in [-0.39, 0.29) is 17.8 Å². The average Bonchev–Trinajstić information content (AvgIpc) is 3.21. The summed E-state index contributed by atoms with van der Waals surface area (Å²) in [4.78, 5) is 14.6. The second-order valence-corrected chi connectivity index (χ2v) is 8.28. The lowest BCUT2D eigenvalue weighted by Gasteiger charge is -2.25. The fourth-order valence-electron chi connectivity index (χ4n) is 3.30. The summed E-state index contributed by atoms with van der Waals surface area (Å²) >= 11 is 0. The van der Waals surface area contributed by atoms with Gasteiger partial charge in [-0.3, -0.25) is 9.10 Å². The molecule has 24 heavy (non-hydrogen) atoms. The molecule has 1 amide bonds. The van der Waals surface area contributed by atoms with Crippen LogP contribution in [0.1, 0.15) is 36.5 Å². The summed E-state index contributed by atoms with van der Waals surface area (Å²) in [5.74, 6) is 0.0945. The summed E-state index contributed by atoms with van der Waals surface area (Å²) in [6.07, 6.45) is 2.76. The van der Waals surface area contributed by atoms with E-state index in [0.29, 0.717) is 37.3 Å². The second kappa shape index (κ2) is 7.11. The maximum atomic E-state index is 12.8. The molecule has 1 aromatic carbocycles. The number of sulfonamides is 1. The van der Waals surface area contributed by atoms with Crippen LogP contribution in [0.25, 0.3) is 0 Å². The fourth-order valence-corrected chi connectivity index (χ4v) is 4.85. The maximum absolute atomic E-state index is 12.8. The first-order valence-electron chi connectivity index (χ1n) is 8.52. The molecule has 0 spiro atoms. The van der Waals surface area contributed by atoms with Gasteiger partial charge in [0, 0.05) is 31.8 Å². The molecule has 1 unspecified atom stereocenters. The third-order valence-electron chi connectivity index (χ3n) is 4.60. The lowest BCUT2D eigenvalue weighted by Crippen LogP contribution is -2.37. The first kappa shape index (κ1) is 17.2. The molecule has 1 atom stereocenters. The van der Waals surface area contributed by atoms with Gasteiger partial charge in [0.1, 0.15) is 0 Å². The summed E-state index contributed by atoms with van der Waals surface area (Å²) in [7, 11) is -3.24. The molecule has 2 heterocycles. The number of benzene rings is 1. The zero-order valence-electron chi connectivity index (χ0n) is 14.0. The first-order valence-corrected chi connectivity index (χ1v) is 10.1. The first-order chi connectivity index (χ1) is 11.5. The van der Waals surface area contributed by atoms with E-state index in [2.05, 4.69) is 0 Å². The summed E-state index contributed by atoms with van der Waals surface area (Å²) < 4.78 is 31.2. The van der Waals surface area contributed by atoms with Crippen molar-refractivity contribution in [1.82, 2.24) is 4.90 Å². The van der Waals surface area contributed by atoms with Gasteiger partial charge in [0.05, 0.1) is 17.5 Å². The van der Waals surface area contributed by atoms with Crippen LogP contribution < -0.4 is 4.31 Å². The van der Waals surface area contributed by atoms with Crippen LogP contribution in [0, 0.1) is 0 Å². The Hall–Kier alpha value is -1.60. The lowest BCUT2D eigenvalue weighted by atomic mass is 10.1. The van der Waals surface area contributed by atoms with Crippen molar-refractivity contribution in [2.45, 2.75) is 32.3 Å². The molecule has 0 N–H and O–H groups in total. The smallest absolute Gasteiger partial charge is 0.254 e. The Morgan fingerprint density at radius 1 is 1.38 bits per heavy atom. The summed E-state index contributed by atoms with van der Waals surface area (Å²) in [6, 6.07) is 6.92. The SMILES string of the molecule is CCN(CC1CCCO1)C(=O)c1cccc(N2CCCS2(=O)=O)c1. The van der Waals surface area contributed by atoms with E-state index in [9.17, 15) is 13.2 Å². The zero-order chi connectivity index (χ0) is 17.2. The normalized spacial score (nSPS) is 22.7. The van der Waals surface area contributed by atoms with Crippen LogP contribution in [0.5, 0.6) is 0 Å². The van der Waals surface area contributed by atoms with Crippen molar-refractivity contribution in [2.24, 2.45) is 0 Å². The van der Waals surface area contributed by atoms with E-state index in [0.717, 1.165) is 19.4 Å². The number of likely N-dealkylation sites (N-methyl/N-ethyl adjacent to an activating group) is 1. The van der Waals surface area contributed by atoms with Crippen LogP contribution >= 0.6 is 0 Å². The van der Waals surface area contributed by atoms with E-state index in [1.54, 1.807) is 29.2 Å². The maximum Gasteiger partial charge on any atom is 0.254 e. The highest BCUT2D eigenvalue weighted by molar-refractivity contribution is 7.93. The highest BCUT2D eigenvalue weighted by atomic mass is 32.2.